The fourth-order valence-corrected chi connectivity index (χ4v) is 3.70. The Hall–Kier alpha value is -1.80. The van der Waals surface area contributed by atoms with Crippen LogP contribution in [0.1, 0.15) is 38.7 Å². The average Bonchev–Trinajstić information content (AvgIpc) is 2.59. The Morgan fingerprint density at radius 3 is 2.24 bits per heavy atom. The predicted octanol–water partition coefficient (Wildman–Crippen LogP) is 5.55. The molecular formula is C23H31NO. The summed E-state index contributed by atoms with van der Waals surface area (Å²) in [5, 5.41) is 0. The van der Waals surface area contributed by atoms with E-state index in [9.17, 15) is 0 Å². The Morgan fingerprint density at radius 2 is 1.60 bits per heavy atom. The normalized spacial score (nSPS) is 17.4. The molecule has 0 amide bonds. The smallest absolute Gasteiger partial charge is 0.119 e. The quantitative estimate of drug-likeness (QED) is 0.641. The zero-order valence-corrected chi connectivity index (χ0v) is 15.9. The molecule has 2 aromatic carbocycles. The number of hydrogen-bond acceptors (Lipinski definition) is 2. The van der Waals surface area contributed by atoms with Crippen molar-refractivity contribution in [3.8, 4) is 16.9 Å². The molecule has 1 heterocycles. The third-order valence-corrected chi connectivity index (χ3v) is 5.11. The van der Waals surface area contributed by atoms with Gasteiger partial charge in [-0.3, -0.25) is 0 Å². The molecule has 0 N–H and O–H groups in total. The second-order valence-corrected chi connectivity index (χ2v) is 8.14. The van der Waals surface area contributed by atoms with E-state index >= 15 is 0 Å². The van der Waals surface area contributed by atoms with Gasteiger partial charge in [-0.1, -0.05) is 55.8 Å². The SMILES string of the molecule is Cc1ccc(-c2ccc(OCCCN3CCCC(C)(C)C3)cc2)cc1. The first-order valence-electron chi connectivity index (χ1n) is 9.54. The van der Waals surface area contributed by atoms with E-state index in [1.807, 2.05) is 0 Å². The van der Waals surface area contributed by atoms with Gasteiger partial charge in [0.05, 0.1) is 6.61 Å². The highest BCUT2D eigenvalue weighted by Gasteiger charge is 2.25. The number of aryl methyl sites for hydroxylation is 1. The van der Waals surface area contributed by atoms with Crippen molar-refractivity contribution in [2.45, 2.75) is 40.0 Å². The largest absolute Gasteiger partial charge is 0.494 e. The number of rotatable bonds is 6. The van der Waals surface area contributed by atoms with E-state index in [-0.39, 0.29) is 0 Å². The highest BCUT2D eigenvalue weighted by Crippen LogP contribution is 2.28. The highest BCUT2D eigenvalue weighted by molar-refractivity contribution is 5.64. The molecule has 0 radical (unpaired) electrons. The topological polar surface area (TPSA) is 12.5 Å². The molecular weight excluding hydrogens is 306 g/mol. The molecule has 1 aliphatic rings. The number of hydrogen-bond donors (Lipinski definition) is 0. The van der Waals surface area contributed by atoms with Crippen molar-refractivity contribution < 1.29 is 4.74 Å². The van der Waals surface area contributed by atoms with Crippen LogP contribution >= 0.6 is 0 Å². The molecule has 2 nitrogen and oxygen atoms in total. The summed E-state index contributed by atoms with van der Waals surface area (Å²) >= 11 is 0. The second-order valence-electron chi connectivity index (χ2n) is 8.14. The first kappa shape index (κ1) is 18.0. The Labute approximate surface area is 152 Å². The van der Waals surface area contributed by atoms with E-state index in [1.54, 1.807) is 0 Å². The van der Waals surface area contributed by atoms with Gasteiger partial charge in [-0.2, -0.15) is 0 Å². The molecule has 0 aliphatic carbocycles. The Kier molecular flexibility index (Phi) is 5.80. The summed E-state index contributed by atoms with van der Waals surface area (Å²) in [7, 11) is 0. The van der Waals surface area contributed by atoms with Gasteiger partial charge in [0, 0.05) is 13.1 Å². The van der Waals surface area contributed by atoms with Gasteiger partial charge in [0.1, 0.15) is 5.75 Å². The molecule has 0 bridgehead atoms. The minimum Gasteiger partial charge on any atom is -0.494 e. The first-order valence-corrected chi connectivity index (χ1v) is 9.54. The van der Waals surface area contributed by atoms with Crippen LogP contribution in [0.5, 0.6) is 5.75 Å². The maximum atomic E-state index is 5.93. The van der Waals surface area contributed by atoms with Gasteiger partial charge >= 0.3 is 0 Å². The predicted molar refractivity (Wildman–Crippen MR) is 106 cm³/mol. The van der Waals surface area contributed by atoms with Crippen LogP contribution in [-0.4, -0.2) is 31.1 Å². The van der Waals surface area contributed by atoms with Crippen molar-refractivity contribution in [1.29, 1.82) is 0 Å². The van der Waals surface area contributed by atoms with Gasteiger partial charge in [0.25, 0.3) is 0 Å². The average molecular weight is 338 g/mol. The molecule has 1 aliphatic heterocycles. The van der Waals surface area contributed by atoms with Crippen LogP contribution in [0.15, 0.2) is 48.5 Å². The summed E-state index contributed by atoms with van der Waals surface area (Å²) < 4.78 is 5.93. The van der Waals surface area contributed by atoms with Crippen LogP contribution in [0, 0.1) is 12.3 Å². The van der Waals surface area contributed by atoms with Gasteiger partial charge in [-0.25, -0.2) is 0 Å². The van der Waals surface area contributed by atoms with Crippen LogP contribution in [0.3, 0.4) is 0 Å². The molecule has 25 heavy (non-hydrogen) atoms. The summed E-state index contributed by atoms with van der Waals surface area (Å²) in [6.45, 7) is 11.3. The molecule has 0 saturated carbocycles. The van der Waals surface area contributed by atoms with Crippen LogP contribution < -0.4 is 4.74 Å². The van der Waals surface area contributed by atoms with Crippen molar-refractivity contribution in [1.82, 2.24) is 4.90 Å². The molecule has 1 saturated heterocycles. The van der Waals surface area contributed by atoms with Gasteiger partial charge in [-0.15, -0.1) is 0 Å². The van der Waals surface area contributed by atoms with Crippen molar-refractivity contribution >= 4 is 0 Å². The standard InChI is InChI=1S/C23H31NO/c1-19-6-8-20(9-7-19)21-10-12-22(13-11-21)25-17-5-16-24-15-4-14-23(2,3)18-24/h6-13H,4-5,14-18H2,1-3H3. The lowest BCUT2D eigenvalue weighted by Gasteiger charge is -2.38. The maximum Gasteiger partial charge on any atom is 0.119 e. The number of piperidine rings is 1. The van der Waals surface area contributed by atoms with E-state index in [0.717, 1.165) is 25.3 Å². The van der Waals surface area contributed by atoms with Crippen LogP contribution in [-0.2, 0) is 0 Å². The molecule has 0 aromatic heterocycles. The maximum absolute atomic E-state index is 5.93. The van der Waals surface area contributed by atoms with E-state index in [4.69, 9.17) is 4.74 Å². The van der Waals surface area contributed by atoms with E-state index in [0.29, 0.717) is 5.41 Å². The van der Waals surface area contributed by atoms with Crippen LogP contribution in [0.4, 0.5) is 0 Å². The second kappa shape index (κ2) is 8.05. The third kappa shape index (κ3) is 5.34. The highest BCUT2D eigenvalue weighted by atomic mass is 16.5. The molecule has 134 valence electrons. The number of ether oxygens (including phenoxy) is 1. The zero-order chi connectivity index (χ0) is 17.7. The minimum absolute atomic E-state index is 0.477. The lowest BCUT2D eigenvalue weighted by Crippen LogP contribution is -2.40. The Morgan fingerprint density at radius 1 is 0.960 bits per heavy atom. The summed E-state index contributed by atoms with van der Waals surface area (Å²) in [4.78, 5) is 2.59. The first-order chi connectivity index (χ1) is 12.0. The molecule has 0 spiro atoms. The fraction of sp³-hybridized carbons (Fsp3) is 0.478. The summed E-state index contributed by atoms with van der Waals surface area (Å²) in [6.07, 6.45) is 3.78. The van der Waals surface area contributed by atoms with Gasteiger partial charge in [0.2, 0.25) is 0 Å². The van der Waals surface area contributed by atoms with E-state index in [2.05, 4.69) is 74.2 Å². The lowest BCUT2D eigenvalue weighted by atomic mass is 9.84. The molecule has 0 unspecified atom stereocenters. The molecule has 0 atom stereocenters. The Bertz CT molecular complexity index is 657. The minimum atomic E-state index is 0.477. The zero-order valence-electron chi connectivity index (χ0n) is 15.9. The fourth-order valence-electron chi connectivity index (χ4n) is 3.70. The van der Waals surface area contributed by atoms with Crippen LogP contribution in [0.2, 0.25) is 0 Å². The van der Waals surface area contributed by atoms with E-state index in [1.165, 1.54) is 42.6 Å². The third-order valence-electron chi connectivity index (χ3n) is 5.11. The van der Waals surface area contributed by atoms with Gasteiger partial charge in [0.15, 0.2) is 0 Å². The molecule has 2 aromatic rings. The van der Waals surface area contributed by atoms with Crippen molar-refractivity contribution in [3.63, 3.8) is 0 Å². The number of likely N-dealkylation sites (tertiary alicyclic amines) is 1. The lowest BCUT2D eigenvalue weighted by molar-refractivity contribution is 0.111. The van der Waals surface area contributed by atoms with Crippen molar-refractivity contribution in [3.05, 3.63) is 54.1 Å². The molecule has 3 rings (SSSR count). The Balaban J connectivity index is 1.44. The number of benzene rings is 2. The number of nitrogens with zero attached hydrogens (tertiary/aromatic N) is 1. The van der Waals surface area contributed by atoms with Crippen molar-refractivity contribution in [2.24, 2.45) is 5.41 Å². The molecule has 1 fully saturated rings. The summed E-state index contributed by atoms with van der Waals surface area (Å²) in [6, 6.07) is 17.1. The summed E-state index contributed by atoms with van der Waals surface area (Å²) in [5.41, 5.74) is 4.26. The van der Waals surface area contributed by atoms with E-state index < -0.39 is 0 Å². The molecule has 2 heteroatoms. The van der Waals surface area contributed by atoms with Gasteiger partial charge in [-0.05, 0) is 61.4 Å². The summed E-state index contributed by atoms with van der Waals surface area (Å²) in [5.74, 6) is 0.967. The van der Waals surface area contributed by atoms with Crippen molar-refractivity contribution in [2.75, 3.05) is 26.2 Å². The van der Waals surface area contributed by atoms with Crippen LogP contribution in [0.25, 0.3) is 11.1 Å². The monoisotopic (exact) mass is 337 g/mol. The van der Waals surface area contributed by atoms with Gasteiger partial charge < -0.3 is 9.64 Å².